The smallest absolute Gasteiger partial charge is 0.179 e. The zero-order chi connectivity index (χ0) is 6.69. The second-order valence-electron chi connectivity index (χ2n) is 2.23. The highest BCUT2D eigenvalue weighted by molar-refractivity contribution is 4.78. The largest absolute Gasteiger partial charge is 0.375 e. The van der Waals surface area contributed by atoms with Crippen molar-refractivity contribution in [1.29, 1.82) is 5.26 Å². The Morgan fingerprint density at radius 3 is 3.00 bits per heavy atom. The third-order valence-electron chi connectivity index (χ3n) is 1.38. The van der Waals surface area contributed by atoms with E-state index in [1.54, 1.807) is 4.90 Å². The van der Waals surface area contributed by atoms with Crippen molar-refractivity contribution < 1.29 is 4.74 Å². The highest BCUT2D eigenvalue weighted by Gasteiger charge is 2.13. The molecule has 0 amide bonds. The summed E-state index contributed by atoms with van der Waals surface area (Å²) in [6.45, 7) is 4.16. The molecule has 0 aromatic rings. The number of hydrogen-bond acceptors (Lipinski definition) is 3. The Balaban J connectivity index is 2.34. The molecule has 1 aliphatic heterocycles. The Morgan fingerprint density at radius 2 is 2.56 bits per heavy atom. The van der Waals surface area contributed by atoms with Crippen LogP contribution in [0.1, 0.15) is 6.92 Å². The summed E-state index contributed by atoms with van der Waals surface area (Å²) in [7, 11) is 0. The van der Waals surface area contributed by atoms with Crippen LogP contribution in [0.5, 0.6) is 0 Å². The number of hydrogen-bond donors (Lipinski definition) is 0. The molecule has 0 aliphatic carbocycles. The third kappa shape index (κ3) is 1.58. The Kier molecular flexibility index (Phi) is 1.91. The van der Waals surface area contributed by atoms with Crippen molar-refractivity contribution in [2.24, 2.45) is 0 Å². The Bertz CT molecular complexity index is 130. The van der Waals surface area contributed by atoms with Crippen LogP contribution in [0.15, 0.2) is 0 Å². The molecule has 1 aliphatic rings. The van der Waals surface area contributed by atoms with Crippen LogP contribution < -0.4 is 0 Å². The number of rotatable bonds is 0. The summed E-state index contributed by atoms with van der Waals surface area (Å²) in [5, 5.41) is 8.43. The maximum atomic E-state index is 8.43. The van der Waals surface area contributed by atoms with Gasteiger partial charge in [-0.25, -0.2) is 0 Å². The molecule has 1 fully saturated rings. The lowest BCUT2D eigenvalue weighted by molar-refractivity contribution is 0.00151. The first-order valence-corrected chi connectivity index (χ1v) is 3.09. The van der Waals surface area contributed by atoms with Gasteiger partial charge in [-0.1, -0.05) is 0 Å². The topological polar surface area (TPSA) is 36.3 Å². The van der Waals surface area contributed by atoms with Crippen molar-refractivity contribution in [1.82, 2.24) is 4.90 Å². The summed E-state index contributed by atoms with van der Waals surface area (Å²) in [5.74, 6) is 0. The van der Waals surface area contributed by atoms with Gasteiger partial charge in [0, 0.05) is 0 Å². The van der Waals surface area contributed by atoms with Crippen LogP contribution in [0, 0.1) is 11.5 Å². The quantitative estimate of drug-likeness (QED) is 0.435. The molecule has 3 heteroatoms. The molecule has 50 valence electrons. The zero-order valence-corrected chi connectivity index (χ0v) is 5.50. The second-order valence-corrected chi connectivity index (χ2v) is 2.23. The van der Waals surface area contributed by atoms with Crippen LogP contribution in [-0.2, 0) is 4.74 Å². The second kappa shape index (κ2) is 2.70. The normalized spacial score (nSPS) is 27.6. The highest BCUT2D eigenvalue weighted by Crippen LogP contribution is 2.01. The van der Waals surface area contributed by atoms with Gasteiger partial charge in [-0.15, -0.1) is 0 Å². The first kappa shape index (κ1) is 6.37. The van der Waals surface area contributed by atoms with Crippen LogP contribution >= 0.6 is 0 Å². The molecule has 0 saturated carbocycles. The predicted molar refractivity (Wildman–Crippen MR) is 32.6 cm³/mol. The first-order valence-electron chi connectivity index (χ1n) is 3.09. The molecule has 0 radical (unpaired) electrons. The maximum Gasteiger partial charge on any atom is 0.179 e. The van der Waals surface area contributed by atoms with Crippen LogP contribution in [0.4, 0.5) is 0 Å². The summed E-state index contributed by atoms with van der Waals surface area (Å²) in [5.41, 5.74) is 0. The number of ether oxygens (including phenoxy) is 1. The SMILES string of the molecule is C[C@@H]1CN(C#N)CCO1. The van der Waals surface area contributed by atoms with Gasteiger partial charge >= 0.3 is 0 Å². The summed E-state index contributed by atoms with van der Waals surface area (Å²) in [6.07, 6.45) is 2.31. The van der Waals surface area contributed by atoms with E-state index in [1.165, 1.54) is 0 Å². The third-order valence-corrected chi connectivity index (χ3v) is 1.38. The number of morpholine rings is 1. The monoisotopic (exact) mass is 126 g/mol. The Morgan fingerprint density at radius 1 is 1.78 bits per heavy atom. The number of nitrogens with zero attached hydrogens (tertiary/aromatic N) is 2. The van der Waals surface area contributed by atoms with Crippen LogP contribution in [0.3, 0.4) is 0 Å². The van der Waals surface area contributed by atoms with E-state index in [9.17, 15) is 0 Å². The summed E-state index contributed by atoms with van der Waals surface area (Å²) < 4.78 is 5.22. The molecule has 0 spiro atoms. The molecule has 0 N–H and O–H groups in total. The van der Waals surface area contributed by atoms with Gasteiger partial charge < -0.3 is 9.64 Å². The molecule has 3 nitrogen and oxygen atoms in total. The van der Waals surface area contributed by atoms with Crippen LogP contribution in [0.2, 0.25) is 0 Å². The molecule has 0 bridgehead atoms. The minimum Gasteiger partial charge on any atom is -0.375 e. The summed E-state index contributed by atoms with van der Waals surface area (Å²) in [6, 6.07) is 0. The van der Waals surface area contributed by atoms with E-state index in [1.807, 2.05) is 6.92 Å². The summed E-state index contributed by atoms with van der Waals surface area (Å²) in [4.78, 5) is 1.72. The average Bonchev–Trinajstić information content (AvgIpc) is 1.88. The van der Waals surface area contributed by atoms with Gasteiger partial charge in [0.05, 0.1) is 25.8 Å². The fourth-order valence-electron chi connectivity index (χ4n) is 0.909. The van der Waals surface area contributed by atoms with E-state index in [4.69, 9.17) is 10.00 Å². The first-order chi connectivity index (χ1) is 4.33. The van der Waals surface area contributed by atoms with Gasteiger partial charge in [-0.3, -0.25) is 0 Å². The fourth-order valence-corrected chi connectivity index (χ4v) is 0.909. The molecule has 0 aromatic heterocycles. The van der Waals surface area contributed by atoms with Crippen molar-refractivity contribution in [2.75, 3.05) is 19.7 Å². The van der Waals surface area contributed by atoms with Gasteiger partial charge in [-0.2, -0.15) is 5.26 Å². The van der Waals surface area contributed by atoms with E-state index in [0.717, 1.165) is 13.1 Å². The predicted octanol–water partition coefficient (Wildman–Crippen LogP) is 0.188. The standard InChI is InChI=1S/C6H10N2O/c1-6-4-8(5-7)2-3-9-6/h6H,2-4H2,1H3/t6-/m1/s1. The molecular weight excluding hydrogens is 116 g/mol. The van der Waals surface area contributed by atoms with Gasteiger partial charge in [0.15, 0.2) is 6.19 Å². The summed E-state index contributed by atoms with van der Waals surface area (Å²) >= 11 is 0. The van der Waals surface area contributed by atoms with Gasteiger partial charge in [0.25, 0.3) is 0 Å². The molecule has 0 aromatic carbocycles. The van der Waals surface area contributed by atoms with E-state index in [0.29, 0.717) is 6.61 Å². The molecular formula is C6H10N2O. The highest BCUT2D eigenvalue weighted by atomic mass is 16.5. The Hall–Kier alpha value is -0.750. The van der Waals surface area contributed by atoms with Crippen LogP contribution in [-0.4, -0.2) is 30.7 Å². The fraction of sp³-hybridized carbons (Fsp3) is 0.833. The lowest BCUT2D eigenvalue weighted by atomic mass is 10.3. The van der Waals surface area contributed by atoms with E-state index >= 15 is 0 Å². The van der Waals surface area contributed by atoms with Crippen molar-refractivity contribution in [3.05, 3.63) is 0 Å². The molecule has 1 heterocycles. The number of nitriles is 1. The molecule has 0 unspecified atom stereocenters. The minimum absolute atomic E-state index is 0.221. The lowest BCUT2D eigenvalue weighted by Gasteiger charge is -2.26. The van der Waals surface area contributed by atoms with Gasteiger partial charge in [0.1, 0.15) is 0 Å². The van der Waals surface area contributed by atoms with E-state index in [2.05, 4.69) is 6.19 Å². The maximum absolute atomic E-state index is 8.43. The minimum atomic E-state index is 0.221. The molecule has 1 atom stereocenters. The van der Waals surface area contributed by atoms with Gasteiger partial charge in [-0.05, 0) is 6.92 Å². The molecule has 1 saturated heterocycles. The average molecular weight is 126 g/mol. The van der Waals surface area contributed by atoms with Crippen LogP contribution in [0.25, 0.3) is 0 Å². The van der Waals surface area contributed by atoms with Crippen molar-refractivity contribution >= 4 is 0 Å². The van der Waals surface area contributed by atoms with E-state index in [-0.39, 0.29) is 6.10 Å². The van der Waals surface area contributed by atoms with Crippen molar-refractivity contribution in [3.8, 4) is 6.19 Å². The Labute approximate surface area is 54.8 Å². The van der Waals surface area contributed by atoms with Crippen molar-refractivity contribution in [3.63, 3.8) is 0 Å². The molecule has 1 rings (SSSR count). The van der Waals surface area contributed by atoms with Gasteiger partial charge in [0.2, 0.25) is 0 Å². The van der Waals surface area contributed by atoms with Crippen molar-refractivity contribution in [2.45, 2.75) is 13.0 Å². The van der Waals surface area contributed by atoms with E-state index < -0.39 is 0 Å². The molecule has 9 heavy (non-hydrogen) atoms. The lowest BCUT2D eigenvalue weighted by Crippen LogP contribution is -2.37. The zero-order valence-electron chi connectivity index (χ0n) is 5.50.